The average molecular weight is 289 g/mol. The molecule has 21 heavy (non-hydrogen) atoms. The number of carbonyl (C=O) groups is 1. The van der Waals surface area contributed by atoms with Crippen molar-refractivity contribution >= 4 is 28.4 Å². The van der Waals surface area contributed by atoms with Crippen LogP contribution in [0.4, 0.5) is 11.5 Å². The van der Waals surface area contributed by atoms with E-state index in [1.54, 1.807) is 32.0 Å². The van der Waals surface area contributed by atoms with Gasteiger partial charge in [0.25, 0.3) is 5.69 Å². The van der Waals surface area contributed by atoms with Gasteiger partial charge in [-0.15, -0.1) is 0 Å². The zero-order chi connectivity index (χ0) is 15.6. The van der Waals surface area contributed by atoms with E-state index in [1.807, 2.05) is 0 Å². The van der Waals surface area contributed by atoms with Gasteiger partial charge in [-0.25, -0.2) is 9.78 Å². The maximum absolute atomic E-state index is 11.2. The van der Waals surface area contributed by atoms with Crippen LogP contribution in [-0.4, -0.2) is 27.0 Å². The molecule has 2 rings (SSSR count). The van der Waals surface area contributed by atoms with Crippen molar-refractivity contribution < 1.29 is 14.8 Å². The highest BCUT2D eigenvalue weighted by molar-refractivity contribution is 5.83. The Hall–Kier alpha value is -2.70. The molecule has 2 N–H and O–H groups in total. The van der Waals surface area contributed by atoms with E-state index in [9.17, 15) is 14.9 Å². The van der Waals surface area contributed by atoms with Gasteiger partial charge in [0, 0.05) is 17.5 Å². The lowest BCUT2D eigenvalue weighted by Crippen LogP contribution is -2.34. The van der Waals surface area contributed by atoms with Crippen molar-refractivity contribution in [2.45, 2.75) is 19.9 Å². The maximum atomic E-state index is 11.2. The largest absolute Gasteiger partial charge is 0.480 e. The number of hydrogen-bond acceptors (Lipinski definition) is 5. The van der Waals surface area contributed by atoms with Gasteiger partial charge in [0.2, 0.25) is 0 Å². The monoisotopic (exact) mass is 289 g/mol. The number of carboxylic acid groups (broad SMARTS) is 1. The summed E-state index contributed by atoms with van der Waals surface area (Å²) in [7, 11) is 0. The second-order valence-corrected chi connectivity index (χ2v) is 5.03. The van der Waals surface area contributed by atoms with Crippen molar-refractivity contribution in [2.24, 2.45) is 5.92 Å². The third-order valence-electron chi connectivity index (χ3n) is 3.12. The minimum Gasteiger partial charge on any atom is -0.480 e. The summed E-state index contributed by atoms with van der Waals surface area (Å²) in [6.07, 6.45) is 0. The van der Waals surface area contributed by atoms with Gasteiger partial charge in [-0.2, -0.15) is 0 Å². The molecule has 110 valence electrons. The number of anilines is 1. The van der Waals surface area contributed by atoms with E-state index >= 15 is 0 Å². The van der Waals surface area contributed by atoms with Crippen LogP contribution in [0.1, 0.15) is 13.8 Å². The Balaban J connectivity index is 2.33. The minimum atomic E-state index is -0.949. The molecule has 0 saturated heterocycles. The number of aromatic nitrogens is 1. The van der Waals surface area contributed by atoms with Crippen molar-refractivity contribution in [1.29, 1.82) is 0 Å². The molecular formula is C14H15N3O4. The first kappa shape index (κ1) is 14.7. The van der Waals surface area contributed by atoms with E-state index in [1.165, 1.54) is 12.1 Å². The quantitative estimate of drug-likeness (QED) is 0.647. The molecule has 1 aromatic heterocycles. The highest BCUT2D eigenvalue weighted by Crippen LogP contribution is 2.21. The summed E-state index contributed by atoms with van der Waals surface area (Å²) < 4.78 is 0. The van der Waals surface area contributed by atoms with E-state index in [2.05, 4.69) is 10.3 Å². The van der Waals surface area contributed by atoms with Crippen LogP contribution in [0.5, 0.6) is 0 Å². The number of hydrogen-bond donors (Lipinski definition) is 2. The van der Waals surface area contributed by atoms with Crippen LogP contribution < -0.4 is 5.32 Å². The number of carboxylic acids is 1. The molecule has 0 amide bonds. The second-order valence-electron chi connectivity index (χ2n) is 5.03. The molecule has 0 saturated carbocycles. The van der Waals surface area contributed by atoms with E-state index in [-0.39, 0.29) is 11.6 Å². The zero-order valence-electron chi connectivity index (χ0n) is 11.6. The first-order valence-corrected chi connectivity index (χ1v) is 6.43. The first-order chi connectivity index (χ1) is 9.88. The van der Waals surface area contributed by atoms with Gasteiger partial charge >= 0.3 is 5.97 Å². The smallest absolute Gasteiger partial charge is 0.326 e. The Bertz CT molecular complexity index is 700. The van der Waals surface area contributed by atoms with Crippen LogP contribution >= 0.6 is 0 Å². The molecule has 0 unspecified atom stereocenters. The lowest BCUT2D eigenvalue weighted by Gasteiger charge is -2.18. The lowest BCUT2D eigenvalue weighted by molar-refractivity contribution is -0.384. The number of nitrogens with zero attached hydrogens (tertiary/aromatic N) is 2. The molecule has 2 aromatic rings. The topological polar surface area (TPSA) is 105 Å². The van der Waals surface area contributed by atoms with E-state index in [0.29, 0.717) is 16.7 Å². The van der Waals surface area contributed by atoms with Gasteiger partial charge in [-0.3, -0.25) is 10.1 Å². The van der Waals surface area contributed by atoms with Crippen molar-refractivity contribution in [3.05, 3.63) is 40.4 Å². The van der Waals surface area contributed by atoms with Gasteiger partial charge in [0.1, 0.15) is 11.9 Å². The first-order valence-electron chi connectivity index (χ1n) is 6.43. The van der Waals surface area contributed by atoms with Gasteiger partial charge in [-0.1, -0.05) is 13.8 Å². The summed E-state index contributed by atoms with van der Waals surface area (Å²) in [6.45, 7) is 3.60. The molecular weight excluding hydrogens is 274 g/mol. The standard InChI is InChI=1S/C14H15N3O4/c1-8(2)13(14(18)19)16-12-6-3-9-7-10(17(20)21)4-5-11(9)15-12/h3-8,13H,1-2H3,(H,15,16)(H,18,19)/t13-/m1/s1. The number of fused-ring (bicyclic) bond motifs is 1. The molecule has 7 heteroatoms. The average Bonchev–Trinajstić information content (AvgIpc) is 2.43. The van der Waals surface area contributed by atoms with Gasteiger partial charge in [0.05, 0.1) is 10.4 Å². The molecule has 0 spiro atoms. The molecule has 0 fully saturated rings. The number of aliphatic carboxylic acids is 1. The highest BCUT2D eigenvalue weighted by atomic mass is 16.6. The molecule has 7 nitrogen and oxygen atoms in total. The van der Waals surface area contributed by atoms with Crippen molar-refractivity contribution in [3.8, 4) is 0 Å². The number of pyridine rings is 1. The van der Waals surface area contributed by atoms with Crippen LogP contribution in [-0.2, 0) is 4.79 Å². The van der Waals surface area contributed by atoms with Gasteiger partial charge in [-0.05, 0) is 24.1 Å². The Morgan fingerprint density at radius 2 is 2.05 bits per heavy atom. The number of nitro groups is 1. The summed E-state index contributed by atoms with van der Waals surface area (Å²) >= 11 is 0. The van der Waals surface area contributed by atoms with Gasteiger partial charge in [0.15, 0.2) is 0 Å². The Morgan fingerprint density at radius 3 is 2.62 bits per heavy atom. The number of benzene rings is 1. The maximum Gasteiger partial charge on any atom is 0.326 e. The summed E-state index contributed by atoms with van der Waals surface area (Å²) in [5.41, 5.74) is 0.564. The van der Waals surface area contributed by atoms with Crippen molar-refractivity contribution in [1.82, 2.24) is 4.98 Å². The molecule has 1 atom stereocenters. The predicted molar refractivity (Wildman–Crippen MR) is 78.3 cm³/mol. The molecule has 0 aliphatic rings. The fourth-order valence-corrected chi connectivity index (χ4v) is 1.98. The highest BCUT2D eigenvalue weighted by Gasteiger charge is 2.21. The van der Waals surface area contributed by atoms with Crippen LogP contribution in [0.2, 0.25) is 0 Å². The Labute approximate surface area is 120 Å². The van der Waals surface area contributed by atoms with Crippen molar-refractivity contribution in [2.75, 3.05) is 5.32 Å². The Kier molecular flexibility index (Phi) is 4.02. The third kappa shape index (κ3) is 3.25. The third-order valence-corrected chi connectivity index (χ3v) is 3.12. The predicted octanol–water partition coefficient (Wildman–Crippen LogP) is 2.66. The van der Waals surface area contributed by atoms with E-state index < -0.39 is 16.9 Å². The molecule has 1 aromatic carbocycles. The summed E-state index contributed by atoms with van der Waals surface area (Å²) in [5.74, 6) is -0.620. The number of rotatable bonds is 5. The zero-order valence-corrected chi connectivity index (χ0v) is 11.6. The van der Waals surface area contributed by atoms with Crippen LogP contribution in [0, 0.1) is 16.0 Å². The van der Waals surface area contributed by atoms with Gasteiger partial charge < -0.3 is 10.4 Å². The molecule has 0 radical (unpaired) electrons. The van der Waals surface area contributed by atoms with Crippen LogP contribution in [0.3, 0.4) is 0 Å². The Morgan fingerprint density at radius 1 is 1.33 bits per heavy atom. The number of non-ortho nitro benzene ring substituents is 1. The van der Waals surface area contributed by atoms with E-state index in [4.69, 9.17) is 5.11 Å². The van der Waals surface area contributed by atoms with Crippen LogP contribution in [0.15, 0.2) is 30.3 Å². The van der Waals surface area contributed by atoms with Crippen LogP contribution in [0.25, 0.3) is 10.9 Å². The second kappa shape index (κ2) is 5.74. The number of nitro benzene ring substituents is 1. The van der Waals surface area contributed by atoms with E-state index in [0.717, 1.165) is 0 Å². The molecule has 0 aliphatic heterocycles. The SMILES string of the molecule is CC(C)[C@@H](Nc1ccc2cc([N+](=O)[O-])ccc2n1)C(=O)O. The molecule has 1 heterocycles. The lowest BCUT2D eigenvalue weighted by atomic mass is 10.0. The molecule has 0 bridgehead atoms. The normalized spacial score (nSPS) is 12.3. The molecule has 0 aliphatic carbocycles. The fourth-order valence-electron chi connectivity index (χ4n) is 1.98. The van der Waals surface area contributed by atoms with Crippen molar-refractivity contribution in [3.63, 3.8) is 0 Å². The summed E-state index contributed by atoms with van der Waals surface area (Å²) in [4.78, 5) is 25.7. The summed E-state index contributed by atoms with van der Waals surface area (Å²) in [5, 5.41) is 23.4. The number of nitrogens with one attached hydrogen (secondary N) is 1. The summed E-state index contributed by atoms with van der Waals surface area (Å²) in [6, 6.07) is 6.90. The fraction of sp³-hybridized carbons (Fsp3) is 0.286. The minimum absolute atomic E-state index is 0.00407.